The number of aliphatic hydroxyl groups excluding tert-OH is 2. The summed E-state index contributed by atoms with van der Waals surface area (Å²) in [5.41, 5.74) is 0. The van der Waals surface area contributed by atoms with E-state index >= 15 is 0 Å². The van der Waals surface area contributed by atoms with Crippen LogP contribution in [-0.2, 0) is 0 Å². The quantitative estimate of drug-likeness (QED) is 0.186. The van der Waals surface area contributed by atoms with E-state index < -0.39 is 6.29 Å². The van der Waals surface area contributed by atoms with Crippen LogP contribution in [0.4, 0.5) is 0 Å². The molecule has 4 N–H and O–H groups in total. The molecule has 0 saturated heterocycles. The fourth-order valence-corrected chi connectivity index (χ4v) is 2.14. The zero-order valence-corrected chi connectivity index (χ0v) is 14.0. The lowest BCUT2D eigenvalue weighted by molar-refractivity contribution is -0.0875. The Hall–Kier alpha value is 0.240. The van der Waals surface area contributed by atoms with Gasteiger partial charge in [0, 0.05) is 35.1 Å². The van der Waals surface area contributed by atoms with Crippen molar-refractivity contribution in [1.29, 1.82) is 0 Å². The maximum atomic E-state index is 9.22. The normalized spacial score (nSPS) is 17.0. The van der Waals surface area contributed by atoms with Gasteiger partial charge in [-0.3, -0.25) is 4.99 Å². The highest BCUT2D eigenvalue weighted by molar-refractivity contribution is 14.1. The second-order valence-electron chi connectivity index (χ2n) is 4.86. The first-order valence-corrected chi connectivity index (χ1v) is 8.33. The smallest absolute Gasteiger partial charge is 0.154 e. The average molecular weight is 386 g/mol. The van der Waals surface area contributed by atoms with Gasteiger partial charge in [0.1, 0.15) is 6.73 Å². The van der Waals surface area contributed by atoms with Gasteiger partial charge >= 0.3 is 0 Å². The molecule has 0 radical (unpaired) electrons. The summed E-state index contributed by atoms with van der Waals surface area (Å²) < 4.78 is 1.04. The van der Waals surface area contributed by atoms with E-state index in [1.807, 2.05) is 6.92 Å². The molecule has 0 aromatic heterocycles. The Bertz CT molecular complexity index is 240. The third-order valence-corrected chi connectivity index (χ3v) is 4.53. The minimum Gasteiger partial charge on any atom is -0.375 e. The predicted octanol–water partition coefficient (Wildman–Crippen LogP) is 1.15. The van der Waals surface area contributed by atoms with Gasteiger partial charge in [0.15, 0.2) is 6.29 Å². The zero-order valence-electron chi connectivity index (χ0n) is 11.8. The summed E-state index contributed by atoms with van der Waals surface area (Å²) in [6, 6.07) is 0.441. The first-order valence-electron chi connectivity index (χ1n) is 6.81. The molecule has 5 nitrogen and oxygen atoms in total. The highest BCUT2D eigenvalue weighted by Gasteiger charge is 2.17. The molecular weight excluding hydrogens is 359 g/mol. The topological polar surface area (TPSA) is 85.1 Å². The summed E-state index contributed by atoms with van der Waals surface area (Å²) in [7, 11) is 0. The van der Waals surface area contributed by atoms with E-state index in [2.05, 4.69) is 39.8 Å². The second-order valence-corrected chi connectivity index (χ2v) is 5.74. The van der Waals surface area contributed by atoms with Crippen molar-refractivity contribution in [2.45, 2.75) is 45.4 Å². The fraction of sp³-hybridized carbons (Fsp3) is 0.923. The number of aliphatic imine (C=N–C) groups is 1. The van der Waals surface area contributed by atoms with Crippen LogP contribution >= 0.6 is 22.6 Å². The van der Waals surface area contributed by atoms with Crippen molar-refractivity contribution in [3.05, 3.63) is 0 Å². The van der Waals surface area contributed by atoms with E-state index in [0.29, 0.717) is 6.04 Å². The highest BCUT2D eigenvalue weighted by atomic mass is 127. The Balaban J connectivity index is 4.22. The number of rotatable bonds is 11. The first kappa shape index (κ1) is 19.2. The van der Waals surface area contributed by atoms with Crippen LogP contribution in [0.5, 0.6) is 0 Å². The number of hydrogen-bond acceptors (Lipinski definition) is 5. The van der Waals surface area contributed by atoms with Crippen LogP contribution in [0, 0.1) is 11.8 Å². The molecule has 0 saturated carbocycles. The van der Waals surface area contributed by atoms with Crippen molar-refractivity contribution in [3.8, 4) is 0 Å². The Labute approximate surface area is 129 Å². The largest absolute Gasteiger partial charge is 0.375 e. The monoisotopic (exact) mass is 386 g/mol. The predicted molar refractivity (Wildman–Crippen MR) is 86.7 cm³/mol. The molecule has 0 rings (SSSR count). The molecule has 0 spiro atoms. The van der Waals surface area contributed by atoms with Gasteiger partial charge in [-0.05, 0) is 26.2 Å². The standard InChI is InChI=1S/C13H27IN2O3/c1-3-12(13(18)19)5-4-11(7-15-9-17)8-16-10(2)6-14/h7,10-13,16-19H,3-6,8-9H2,1-2H3/b15-7+/t10-,11?,12+/m1/s1. The van der Waals surface area contributed by atoms with Gasteiger partial charge in [0.2, 0.25) is 0 Å². The Kier molecular flexibility index (Phi) is 12.2. The Morgan fingerprint density at radius 2 is 2.00 bits per heavy atom. The summed E-state index contributed by atoms with van der Waals surface area (Å²) in [6.45, 7) is 4.68. The molecule has 0 aliphatic carbocycles. The van der Waals surface area contributed by atoms with Crippen LogP contribution in [0.2, 0.25) is 0 Å². The molecule has 6 heteroatoms. The molecule has 114 valence electrons. The molecule has 0 amide bonds. The number of hydrogen-bond donors (Lipinski definition) is 4. The van der Waals surface area contributed by atoms with Crippen LogP contribution in [0.25, 0.3) is 0 Å². The van der Waals surface area contributed by atoms with E-state index in [-0.39, 0.29) is 18.6 Å². The molecule has 0 bridgehead atoms. The lowest BCUT2D eigenvalue weighted by Gasteiger charge is -2.21. The van der Waals surface area contributed by atoms with Gasteiger partial charge in [-0.25, -0.2) is 0 Å². The van der Waals surface area contributed by atoms with Gasteiger partial charge in [-0.1, -0.05) is 29.5 Å². The summed E-state index contributed by atoms with van der Waals surface area (Å²) in [6.07, 6.45) is 2.85. The van der Waals surface area contributed by atoms with Crippen LogP contribution < -0.4 is 5.32 Å². The molecular formula is C13H27IN2O3. The van der Waals surface area contributed by atoms with Crippen LogP contribution in [0.1, 0.15) is 33.1 Å². The van der Waals surface area contributed by atoms with Gasteiger partial charge in [-0.2, -0.15) is 0 Å². The lowest BCUT2D eigenvalue weighted by atomic mass is 9.94. The summed E-state index contributed by atoms with van der Waals surface area (Å²) in [4.78, 5) is 3.89. The van der Waals surface area contributed by atoms with E-state index in [1.165, 1.54) is 0 Å². The van der Waals surface area contributed by atoms with Gasteiger partial charge in [0.05, 0.1) is 0 Å². The molecule has 3 atom stereocenters. The van der Waals surface area contributed by atoms with Crippen molar-refractivity contribution in [3.63, 3.8) is 0 Å². The molecule has 0 aliphatic heterocycles. The highest BCUT2D eigenvalue weighted by Crippen LogP contribution is 2.17. The Morgan fingerprint density at radius 3 is 2.47 bits per heavy atom. The minimum absolute atomic E-state index is 0.0907. The van der Waals surface area contributed by atoms with E-state index in [4.69, 9.17) is 5.11 Å². The van der Waals surface area contributed by atoms with E-state index in [0.717, 1.165) is 30.2 Å². The lowest BCUT2D eigenvalue weighted by Crippen LogP contribution is -2.33. The number of halogens is 1. The van der Waals surface area contributed by atoms with Gasteiger partial charge < -0.3 is 20.6 Å². The number of nitrogens with one attached hydrogen (secondary N) is 1. The molecule has 1 unspecified atom stereocenters. The summed E-state index contributed by atoms with van der Waals surface area (Å²) in [5.74, 6) is 0.123. The third kappa shape index (κ3) is 9.73. The maximum absolute atomic E-state index is 9.22. The fourth-order valence-electron chi connectivity index (χ4n) is 1.82. The molecule has 0 aromatic rings. The van der Waals surface area contributed by atoms with Crippen molar-refractivity contribution < 1.29 is 15.3 Å². The van der Waals surface area contributed by atoms with Crippen molar-refractivity contribution >= 4 is 28.8 Å². The minimum atomic E-state index is -1.25. The van der Waals surface area contributed by atoms with Crippen molar-refractivity contribution in [2.75, 3.05) is 17.7 Å². The number of alkyl halides is 1. The zero-order chi connectivity index (χ0) is 14.7. The van der Waals surface area contributed by atoms with Crippen LogP contribution in [-0.4, -0.2) is 51.6 Å². The average Bonchev–Trinajstić information content (AvgIpc) is 2.40. The summed E-state index contributed by atoms with van der Waals surface area (Å²) >= 11 is 2.33. The SMILES string of the molecule is CC[C@@H](CCC(/C=N/CO)CN[C@H](C)CI)C(O)O. The molecule has 19 heavy (non-hydrogen) atoms. The molecule has 0 aromatic carbocycles. The van der Waals surface area contributed by atoms with Crippen LogP contribution in [0.3, 0.4) is 0 Å². The third-order valence-electron chi connectivity index (χ3n) is 3.21. The maximum Gasteiger partial charge on any atom is 0.154 e. The van der Waals surface area contributed by atoms with Gasteiger partial charge in [-0.15, -0.1) is 0 Å². The number of aliphatic hydroxyl groups is 3. The first-order chi connectivity index (χ1) is 9.04. The molecule has 0 fully saturated rings. The van der Waals surface area contributed by atoms with E-state index in [9.17, 15) is 10.2 Å². The number of nitrogens with zero attached hydrogens (tertiary/aromatic N) is 1. The second kappa shape index (κ2) is 12.0. The van der Waals surface area contributed by atoms with Gasteiger partial charge in [0.25, 0.3) is 0 Å². The van der Waals surface area contributed by atoms with Crippen LogP contribution in [0.15, 0.2) is 4.99 Å². The Morgan fingerprint density at radius 1 is 1.32 bits per heavy atom. The van der Waals surface area contributed by atoms with Crippen molar-refractivity contribution in [1.82, 2.24) is 5.32 Å². The van der Waals surface area contributed by atoms with Crippen molar-refractivity contribution in [2.24, 2.45) is 16.8 Å². The summed E-state index contributed by atoms with van der Waals surface area (Å²) in [5, 5.41) is 30.6. The molecule has 0 heterocycles. The van der Waals surface area contributed by atoms with E-state index in [1.54, 1.807) is 6.21 Å². The molecule has 0 aliphatic rings.